The van der Waals surface area contributed by atoms with Crippen LogP contribution in [0.25, 0.3) is 6.08 Å². The van der Waals surface area contributed by atoms with Gasteiger partial charge in [0.2, 0.25) is 0 Å². The second-order valence-electron chi connectivity index (χ2n) is 5.54. The van der Waals surface area contributed by atoms with Gasteiger partial charge in [0.25, 0.3) is 0 Å². The summed E-state index contributed by atoms with van der Waals surface area (Å²) in [5.41, 5.74) is 2.48. The molecule has 0 saturated carbocycles. The van der Waals surface area contributed by atoms with Crippen LogP contribution in [0.5, 0.6) is 0 Å². The van der Waals surface area contributed by atoms with Crippen LogP contribution in [0.1, 0.15) is 62.5 Å². The molecule has 0 radical (unpaired) electrons. The first-order valence-electron chi connectivity index (χ1n) is 7.79. The zero-order valence-corrected chi connectivity index (χ0v) is 12.6. The fourth-order valence-electron chi connectivity index (χ4n) is 2.36. The lowest BCUT2D eigenvalue weighted by atomic mass is 10.0. The van der Waals surface area contributed by atoms with Crippen LogP contribution in [0.3, 0.4) is 0 Å². The summed E-state index contributed by atoms with van der Waals surface area (Å²) in [6.07, 6.45) is 4.66. The molecule has 0 N–H and O–H groups in total. The van der Waals surface area contributed by atoms with E-state index in [4.69, 9.17) is 0 Å². The van der Waals surface area contributed by atoms with Crippen molar-refractivity contribution in [3.63, 3.8) is 0 Å². The number of benzene rings is 1. The van der Waals surface area contributed by atoms with E-state index in [1.54, 1.807) is 0 Å². The van der Waals surface area contributed by atoms with Crippen LogP contribution in [-0.2, 0) is 6.42 Å². The first-order valence-corrected chi connectivity index (χ1v) is 7.79. The minimum atomic E-state index is -3.98. The molecule has 21 heavy (non-hydrogen) atoms. The standard InChI is InChI=1S/C18H25F3/c1-2-16-11-13-17(14-12-16)10-8-6-4-3-5-7-9-15-18(19,20)21/h2,11-14H,1,3-10,15H2. The van der Waals surface area contributed by atoms with Crippen LogP contribution in [-0.4, -0.2) is 6.18 Å². The second kappa shape index (κ2) is 9.64. The lowest BCUT2D eigenvalue weighted by Crippen LogP contribution is -2.06. The first kappa shape index (κ1) is 17.8. The van der Waals surface area contributed by atoms with Gasteiger partial charge in [0.15, 0.2) is 0 Å². The van der Waals surface area contributed by atoms with Crippen molar-refractivity contribution >= 4 is 6.08 Å². The molecule has 0 saturated heterocycles. The van der Waals surface area contributed by atoms with Gasteiger partial charge < -0.3 is 0 Å². The lowest BCUT2D eigenvalue weighted by Gasteiger charge is -2.06. The van der Waals surface area contributed by atoms with E-state index >= 15 is 0 Å². The van der Waals surface area contributed by atoms with Crippen molar-refractivity contribution in [3.05, 3.63) is 42.0 Å². The molecular formula is C18H25F3. The zero-order valence-electron chi connectivity index (χ0n) is 12.6. The molecule has 0 aliphatic carbocycles. The third kappa shape index (κ3) is 9.33. The topological polar surface area (TPSA) is 0 Å². The molecule has 0 fully saturated rings. The molecule has 0 atom stereocenters. The van der Waals surface area contributed by atoms with E-state index in [9.17, 15) is 13.2 Å². The highest BCUT2D eigenvalue weighted by atomic mass is 19.4. The van der Waals surface area contributed by atoms with Gasteiger partial charge in [0.05, 0.1) is 0 Å². The van der Waals surface area contributed by atoms with Crippen LogP contribution in [0.4, 0.5) is 13.2 Å². The van der Waals surface area contributed by atoms with Gasteiger partial charge in [0, 0.05) is 6.42 Å². The van der Waals surface area contributed by atoms with Crippen molar-refractivity contribution < 1.29 is 13.2 Å². The fourth-order valence-corrected chi connectivity index (χ4v) is 2.36. The summed E-state index contributed by atoms with van der Waals surface area (Å²) >= 11 is 0. The Morgan fingerprint density at radius 2 is 1.33 bits per heavy atom. The van der Waals surface area contributed by atoms with Gasteiger partial charge in [-0.05, 0) is 30.4 Å². The number of alkyl halides is 3. The molecule has 0 amide bonds. The molecule has 0 unspecified atom stereocenters. The Morgan fingerprint density at radius 1 is 0.810 bits per heavy atom. The summed E-state index contributed by atoms with van der Waals surface area (Å²) in [5, 5.41) is 0. The largest absolute Gasteiger partial charge is 0.389 e. The molecule has 0 spiro atoms. The molecule has 118 valence electrons. The number of rotatable bonds is 10. The third-order valence-electron chi connectivity index (χ3n) is 3.64. The summed E-state index contributed by atoms with van der Waals surface area (Å²) in [4.78, 5) is 0. The minimum Gasteiger partial charge on any atom is -0.171 e. The zero-order chi connectivity index (χ0) is 15.6. The molecule has 1 aromatic rings. The number of hydrogen-bond donors (Lipinski definition) is 0. The van der Waals surface area contributed by atoms with Crippen LogP contribution in [0.15, 0.2) is 30.8 Å². The highest BCUT2D eigenvalue weighted by Gasteiger charge is 2.25. The Balaban J connectivity index is 1.96. The maximum atomic E-state index is 11.9. The Hall–Kier alpha value is -1.25. The molecule has 0 nitrogen and oxygen atoms in total. The normalized spacial score (nSPS) is 11.6. The Labute approximate surface area is 126 Å². The Kier molecular flexibility index (Phi) is 8.17. The van der Waals surface area contributed by atoms with E-state index in [2.05, 4.69) is 30.8 Å². The van der Waals surface area contributed by atoms with Crippen LogP contribution >= 0.6 is 0 Å². The van der Waals surface area contributed by atoms with Crippen molar-refractivity contribution in [1.29, 1.82) is 0 Å². The maximum absolute atomic E-state index is 11.9. The maximum Gasteiger partial charge on any atom is 0.389 e. The van der Waals surface area contributed by atoms with E-state index in [1.807, 2.05) is 6.08 Å². The predicted octanol–water partition coefficient (Wildman–Crippen LogP) is 6.56. The summed E-state index contributed by atoms with van der Waals surface area (Å²) < 4.78 is 35.8. The van der Waals surface area contributed by atoms with Crippen molar-refractivity contribution in [2.45, 2.75) is 64.0 Å². The summed E-state index contributed by atoms with van der Waals surface area (Å²) in [7, 11) is 0. The van der Waals surface area contributed by atoms with Gasteiger partial charge >= 0.3 is 6.18 Å². The molecule has 0 bridgehead atoms. The van der Waals surface area contributed by atoms with Crippen molar-refractivity contribution in [2.24, 2.45) is 0 Å². The van der Waals surface area contributed by atoms with Gasteiger partial charge in [-0.15, -0.1) is 0 Å². The van der Waals surface area contributed by atoms with Crippen molar-refractivity contribution in [1.82, 2.24) is 0 Å². The fraction of sp³-hybridized carbons (Fsp3) is 0.556. The van der Waals surface area contributed by atoms with Gasteiger partial charge in [-0.1, -0.05) is 69.0 Å². The van der Waals surface area contributed by atoms with E-state index in [1.165, 1.54) is 5.56 Å². The van der Waals surface area contributed by atoms with Crippen LogP contribution in [0, 0.1) is 0 Å². The Morgan fingerprint density at radius 3 is 1.86 bits per heavy atom. The van der Waals surface area contributed by atoms with Gasteiger partial charge in [-0.2, -0.15) is 13.2 Å². The van der Waals surface area contributed by atoms with E-state index in [-0.39, 0.29) is 6.42 Å². The molecule has 1 rings (SSSR count). The molecule has 1 aromatic carbocycles. The summed E-state index contributed by atoms with van der Waals surface area (Å²) in [6.45, 7) is 3.73. The number of unbranched alkanes of at least 4 members (excludes halogenated alkanes) is 6. The highest BCUT2D eigenvalue weighted by Crippen LogP contribution is 2.23. The van der Waals surface area contributed by atoms with Gasteiger partial charge in [0.1, 0.15) is 0 Å². The number of halogens is 3. The highest BCUT2D eigenvalue weighted by molar-refractivity contribution is 5.47. The van der Waals surface area contributed by atoms with E-state index in [0.29, 0.717) is 6.42 Å². The lowest BCUT2D eigenvalue weighted by molar-refractivity contribution is -0.135. The molecule has 0 aromatic heterocycles. The predicted molar refractivity (Wildman–Crippen MR) is 83.2 cm³/mol. The first-order chi connectivity index (χ1) is 10.0. The molecular weight excluding hydrogens is 273 g/mol. The van der Waals surface area contributed by atoms with E-state index < -0.39 is 12.6 Å². The SMILES string of the molecule is C=Cc1ccc(CCCCCCCCCC(F)(F)F)cc1. The molecule has 0 aliphatic heterocycles. The Bertz CT molecular complexity index is 390. The number of aryl methyl sites for hydroxylation is 1. The van der Waals surface area contributed by atoms with Gasteiger partial charge in [-0.3, -0.25) is 0 Å². The van der Waals surface area contributed by atoms with Crippen LogP contribution in [0.2, 0.25) is 0 Å². The summed E-state index contributed by atoms with van der Waals surface area (Å²) in [6, 6.07) is 8.41. The quantitative estimate of drug-likeness (QED) is 0.429. The molecule has 0 heterocycles. The monoisotopic (exact) mass is 298 g/mol. The number of hydrogen-bond acceptors (Lipinski definition) is 0. The van der Waals surface area contributed by atoms with Gasteiger partial charge in [-0.25, -0.2) is 0 Å². The average molecular weight is 298 g/mol. The third-order valence-corrected chi connectivity index (χ3v) is 3.64. The smallest absolute Gasteiger partial charge is 0.171 e. The molecule has 0 aliphatic rings. The van der Waals surface area contributed by atoms with Crippen molar-refractivity contribution in [3.8, 4) is 0 Å². The minimum absolute atomic E-state index is 0.277. The summed E-state index contributed by atoms with van der Waals surface area (Å²) in [5.74, 6) is 0. The average Bonchev–Trinajstić information content (AvgIpc) is 2.45. The molecule has 3 heteroatoms. The van der Waals surface area contributed by atoms with Crippen LogP contribution < -0.4 is 0 Å². The second-order valence-corrected chi connectivity index (χ2v) is 5.54. The van der Waals surface area contributed by atoms with Crippen molar-refractivity contribution in [2.75, 3.05) is 0 Å². The van der Waals surface area contributed by atoms with E-state index in [0.717, 1.165) is 44.1 Å².